The second-order valence-corrected chi connectivity index (χ2v) is 3.36. The van der Waals surface area contributed by atoms with Crippen molar-refractivity contribution in [3.05, 3.63) is 30.7 Å². The molecule has 0 N–H and O–H groups in total. The molecule has 0 atom stereocenters. The van der Waals surface area contributed by atoms with E-state index >= 15 is 0 Å². The van der Waals surface area contributed by atoms with E-state index in [0.717, 1.165) is 0 Å². The Bertz CT molecular complexity index is 124. The zero-order chi connectivity index (χ0) is 8.49. The van der Waals surface area contributed by atoms with Crippen LogP contribution in [0.15, 0.2) is 24.3 Å². The lowest BCUT2D eigenvalue weighted by Crippen LogP contribution is -1.81. The zero-order valence-electron chi connectivity index (χ0n) is 7.84. The maximum atomic E-state index is 2.43. The monoisotopic (exact) mass is 163 g/mol. The van der Waals surface area contributed by atoms with Gasteiger partial charge in [0.25, 0.3) is 0 Å². The van der Waals surface area contributed by atoms with Crippen molar-refractivity contribution in [1.82, 2.24) is 0 Å². The molecular weight excluding hydrogens is 144 g/mol. The first kappa shape index (κ1) is 9.57. The first-order chi connectivity index (χ1) is 6.00. The van der Waals surface area contributed by atoms with E-state index < -0.39 is 0 Å². The molecule has 1 aliphatic rings. The molecule has 0 aromatic carbocycles. The third-order valence-electron chi connectivity index (χ3n) is 2.20. The molecule has 0 aliphatic heterocycles. The Kier molecular flexibility index (Phi) is 5.70. The normalized spacial score (nSPS) is 26.7. The van der Waals surface area contributed by atoms with E-state index in [4.69, 9.17) is 0 Å². The Labute approximate surface area is 76.4 Å². The van der Waals surface area contributed by atoms with Crippen molar-refractivity contribution in [2.45, 2.75) is 44.9 Å². The summed E-state index contributed by atoms with van der Waals surface area (Å²) in [5, 5.41) is 0. The molecule has 0 fully saturated rings. The van der Waals surface area contributed by atoms with Crippen molar-refractivity contribution in [3.8, 4) is 0 Å². The molecule has 0 nitrogen and oxygen atoms in total. The summed E-state index contributed by atoms with van der Waals surface area (Å²) in [6.07, 6.45) is 20.5. The molecule has 1 aliphatic carbocycles. The number of allylic oxidation sites excluding steroid dienone is 4. The summed E-state index contributed by atoms with van der Waals surface area (Å²) >= 11 is 0. The van der Waals surface area contributed by atoms with Crippen LogP contribution < -0.4 is 0 Å². The Morgan fingerprint density at radius 2 is 1.33 bits per heavy atom. The van der Waals surface area contributed by atoms with Crippen LogP contribution in [0.2, 0.25) is 0 Å². The highest BCUT2D eigenvalue weighted by molar-refractivity contribution is 5.02. The summed E-state index contributed by atoms with van der Waals surface area (Å²) < 4.78 is 0. The fourth-order valence-corrected chi connectivity index (χ4v) is 1.44. The maximum absolute atomic E-state index is 2.43. The van der Waals surface area contributed by atoms with Crippen molar-refractivity contribution in [1.29, 1.82) is 0 Å². The van der Waals surface area contributed by atoms with Crippen LogP contribution in [0, 0.1) is 6.42 Å². The fraction of sp³-hybridized carbons (Fsp3) is 0.583. The smallest absolute Gasteiger partial charge is 0.0345 e. The average Bonchev–Trinajstić information content (AvgIpc) is 2.05. The van der Waals surface area contributed by atoms with Gasteiger partial charge in [0.1, 0.15) is 0 Å². The molecule has 0 saturated carbocycles. The van der Waals surface area contributed by atoms with E-state index in [2.05, 4.69) is 30.7 Å². The standard InChI is InChI=1S/C12H19/c1-2-4-6-8-10-12-11-9-7-5-3-1/h1-4,9H,5-8,10-12H2/b3-1+,4-2-. The fourth-order valence-electron chi connectivity index (χ4n) is 1.44. The van der Waals surface area contributed by atoms with E-state index in [1.165, 1.54) is 44.9 Å². The molecule has 0 heterocycles. The van der Waals surface area contributed by atoms with Gasteiger partial charge in [-0.05, 0) is 32.1 Å². The van der Waals surface area contributed by atoms with Crippen LogP contribution in [-0.4, -0.2) is 0 Å². The minimum Gasteiger partial charge on any atom is -0.0845 e. The van der Waals surface area contributed by atoms with Gasteiger partial charge in [0.2, 0.25) is 0 Å². The Morgan fingerprint density at radius 3 is 2.25 bits per heavy atom. The van der Waals surface area contributed by atoms with Crippen LogP contribution in [0.3, 0.4) is 0 Å². The molecule has 0 bridgehead atoms. The van der Waals surface area contributed by atoms with Crippen LogP contribution >= 0.6 is 0 Å². The van der Waals surface area contributed by atoms with Gasteiger partial charge in [-0.15, -0.1) is 0 Å². The Morgan fingerprint density at radius 1 is 0.583 bits per heavy atom. The summed E-state index contributed by atoms with van der Waals surface area (Å²) in [6, 6.07) is 0. The summed E-state index contributed by atoms with van der Waals surface area (Å²) in [4.78, 5) is 0. The third kappa shape index (κ3) is 5.17. The molecule has 0 heteroatoms. The second-order valence-electron chi connectivity index (χ2n) is 3.36. The molecule has 12 heavy (non-hydrogen) atoms. The lowest BCUT2D eigenvalue weighted by molar-refractivity contribution is 0.667. The summed E-state index contributed by atoms with van der Waals surface area (Å²) in [6.45, 7) is 0. The first-order valence-corrected chi connectivity index (χ1v) is 5.13. The molecule has 0 aromatic heterocycles. The van der Waals surface area contributed by atoms with Gasteiger partial charge in [-0.1, -0.05) is 43.6 Å². The molecule has 0 unspecified atom stereocenters. The van der Waals surface area contributed by atoms with Gasteiger partial charge in [0.15, 0.2) is 0 Å². The number of hydrogen-bond donors (Lipinski definition) is 0. The largest absolute Gasteiger partial charge is 0.0845 e. The molecule has 1 radical (unpaired) electrons. The van der Waals surface area contributed by atoms with E-state index in [9.17, 15) is 0 Å². The minimum absolute atomic E-state index is 1.21. The average molecular weight is 163 g/mol. The van der Waals surface area contributed by atoms with Gasteiger partial charge in [-0.3, -0.25) is 0 Å². The van der Waals surface area contributed by atoms with Gasteiger partial charge >= 0.3 is 0 Å². The van der Waals surface area contributed by atoms with Crippen molar-refractivity contribution in [3.63, 3.8) is 0 Å². The van der Waals surface area contributed by atoms with Crippen LogP contribution in [-0.2, 0) is 0 Å². The minimum atomic E-state index is 1.21. The highest BCUT2D eigenvalue weighted by Gasteiger charge is 1.90. The summed E-state index contributed by atoms with van der Waals surface area (Å²) in [5.74, 6) is 0. The van der Waals surface area contributed by atoms with Gasteiger partial charge in [-0.2, -0.15) is 0 Å². The lowest BCUT2D eigenvalue weighted by Gasteiger charge is -1.99. The van der Waals surface area contributed by atoms with Crippen molar-refractivity contribution < 1.29 is 0 Å². The van der Waals surface area contributed by atoms with Crippen molar-refractivity contribution >= 4 is 0 Å². The maximum Gasteiger partial charge on any atom is -0.0345 e. The van der Waals surface area contributed by atoms with E-state index in [1.54, 1.807) is 0 Å². The van der Waals surface area contributed by atoms with Crippen LogP contribution in [0.1, 0.15) is 44.9 Å². The molecule has 0 spiro atoms. The van der Waals surface area contributed by atoms with Crippen LogP contribution in [0.4, 0.5) is 0 Å². The molecule has 0 saturated heterocycles. The topological polar surface area (TPSA) is 0 Å². The third-order valence-corrected chi connectivity index (χ3v) is 2.20. The van der Waals surface area contributed by atoms with Crippen LogP contribution in [0.25, 0.3) is 0 Å². The molecule has 0 aromatic rings. The quantitative estimate of drug-likeness (QED) is 0.505. The highest BCUT2D eigenvalue weighted by atomic mass is 14.0. The van der Waals surface area contributed by atoms with Crippen LogP contribution in [0.5, 0.6) is 0 Å². The van der Waals surface area contributed by atoms with Gasteiger partial charge in [0, 0.05) is 0 Å². The SMILES string of the molecule is [CH]1CC/C=C/C=C\CCCCC1. The molecule has 67 valence electrons. The molecular formula is C12H19. The summed E-state index contributed by atoms with van der Waals surface area (Å²) in [5.41, 5.74) is 0. The predicted octanol–water partition coefficient (Wildman–Crippen LogP) is 4.05. The first-order valence-electron chi connectivity index (χ1n) is 5.13. The summed E-state index contributed by atoms with van der Waals surface area (Å²) in [7, 11) is 0. The van der Waals surface area contributed by atoms with E-state index in [1.807, 2.05) is 0 Å². The van der Waals surface area contributed by atoms with Gasteiger partial charge < -0.3 is 0 Å². The highest BCUT2D eigenvalue weighted by Crippen LogP contribution is 2.09. The van der Waals surface area contributed by atoms with Gasteiger partial charge in [-0.25, -0.2) is 0 Å². The van der Waals surface area contributed by atoms with E-state index in [-0.39, 0.29) is 0 Å². The lowest BCUT2D eigenvalue weighted by atomic mass is 10.1. The Balaban J connectivity index is 2.21. The number of rotatable bonds is 0. The molecule has 0 amide bonds. The van der Waals surface area contributed by atoms with Crippen molar-refractivity contribution in [2.24, 2.45) is 0 Å². The predicted molar refractivity (Wildman–Crippen MR) is 54.9 cm³/mol. The Hall–Kier alpha value is -0.520. The van der Waals surface area contributed by atoms with E-state index in [0.29, 0.717) is 0 Å². The number of hydrogen-bond acceptors (Lipinski definition) is 0. The molecule has 1 rings (SSSR count). The second kappa shape index (κ2) is 7.15. The van der Waals surface area contributed by atoms with Crippen molar-refractivity contribution in [2.75, 3.05) is 0 Å². The zero-order valence-corrected chi connectivity index (χ0v) is 7.84. The van der Waals surface area contributed by atoms with Gasteiger partial charge in [0.05, 0.1) is 0 Å².